The van der Waals surface area contributed by atoms with E-state index in [1.54, 1.807) is 0 Å². The van der Waals surface area contributed by atoms with Gasteiger partial charge in [-0.1, -0.05) is 28.1 Å². The van der Waals surface area contributed by atoms with Gasteiger partial charge in [-0.15, -0.1) is 0 Å². The molecule has 0 bridgehead atoms. The molecule has 0 aliphatic heterocycles. The van der Waals surface area contributed by atoms with Crippen molar-refractivity contribution in [1.82, 2.24) is 4.90 Å². The summed E-state index contributed by atoms with van der Waals surface area (Å²) in [5.41, 5.74) is 1.27. The molecule has 14 heavy (non-hydrogen) atoms. The van der Waals surface area contributed by atoms with Crippen LogP contribution >= 0.6 is 15.9 Å². The number of halogens is 1. The first-order chi connectivity index (χ1) is 6.72. The van der Waals surface area contributed by atoms with Gasteiger partial charge in [0.1, 0.15) is 0 Å². The third-order valence-electron chi connectivity index (χ3n) is 1.97. The Hall–Kier alpha value is -0.850. The second-order valence-corrected chi connectivity index (χ2v) is 4.19. The summed E-state index contributed by atoms with van der Waals surface area (Å²) < 4.78 is 1.10. The highest BCUT2D eigenvalue weighted by Crippen LogP contribution is 2.11. The second kappa shape index (κ2) is 5.79. The van der Waals surface area contributed by atoms with Crippen LogP contribution in [0.15, 0.2) is 28.7 Å². The van der Waals surface area contributed by atoms with E-state index in [1.807, 2.05) is 19.2 Å². The van der Waals surface area contributed by atoms with Crippen molar-refractivity contribution < 1.29 is 0 Å². The fourth-order valence-corrected chi connectivity index (χ4v) is 1.49. The van der Waals surface area contributed by atoms with Gasteiger partial charge in [-0.05, 0) is 24.7 Å². The fourth-order valence-electron chi connectivity index (χ4n) is 1.22. The van der Waals surface area contributed by atoms with Crippen LogP contribution in [0.2, 0.25) is 0 Å². The van der Waals surface area contributed by atoms with Gasteiger partial charge in [0.25, 0.3) is 0 Å². The van der Waals surface area contributed by atoms with E-state index in [0.717, 1.165) is 17.6 Å². The molecular weight excluding hydrogens is 240 g/mol. The highest BCUT2D eigenvalue weighted by atomic mass is 79.9. The molecule has 1 rings (SSSR count). The Labute approximate surface area is 93.3 Å². The molecule has 0 aromatic heterocycles. The van der Waals surface area contributed by atoms with Crippen LogP contribution in [0.25, 0.3) is 0 Å². The Balaban J connectivity index is 2.44. The maximum atomic E-state index is 8.43. The van der Waals surface area contributed by atoms with Crippen molar-refractivity contribution in [3.63, 3.8) is 0 Å². The van der Waals surface area contributed by atoms with Crippen LogP contribution in [0, 0.1) is 11.3 Å². The first-order valence-electron chi connectivity index (χ1n) is 4.52. The van der Waals surface area contributed by atoms with Crippen LogP contribution in [0.5, 0.6) is 0 Å². The Morgan fingerprint density at radius 3 is 2.57 bits per heavy atom. The summed E-state index contributed by atoms with van der Waals surface area (Å²) in [5, 5.41) is 8.43. The SMILES string of the molecule is CN(CCC#N)Cc1ccc(Br)cc1. The molecule has 2 nitrogen and oxygen atoms in total. The van der Waals surface area contributed by atoms with E-state index in [-0.39, 0.29) is 0 Å². The Morgan fingerprint density at radius 2 is 2.00 bits per heavy atom. The van der Waals surface area contributed by atoms with Crippen LogP contribution in [-0.2, 0) is 6.54 Å². The van der Waals surface area contributed by atoms with Crippen molar-refractivity contribution in [3.05, 3.63) is 34.3 Å². The van der Waals surface area contributed by atoms with Crippen LogP contribution in [-0.4, -0.2) is 18.5 Å². The average Bonchev–Trinajstić information content (AvgIpc) is 2.18. The molecule has 0 fully saturated rings. The van der Waals surface area contributed by atoms with Crippen LogP contribution in [0.1, 0.15) is 12.0 Å². The van der Waals surface area contributed by atoms with Gasteiger partial charge in [-0.3, -0.25) is 0 Å². The molecule has 0 atom stereocenters. The lowest BCUT2D eigenvalue weighted by atomic mass is 10.2. The Kier molecular flexibility index (Phi) is 4.64. The molecule has 0 aliphatic rings. The van der Waals surface area contributed by atoms with Crippen LogP contribution < -0.4 is 0 Å². The number of rotatable bonds is 4. The summed E-state index contributed by atoms with van der Waals surface area (Å²) in [6.45, 7) is 1.72. The molecule has 1 aromatic carbocycles. The number of hydrogen-bond acceptors (Lipinski definition) is 2. The quantitative estimate of drug-likeness (QED) is 0.824. The zero-order chi connectivity index (χ0) is 10.4. The van der Waals surface area contributed by atoms with Crippen molar-refractivity contribution >= 4 is 15.9 Å². The van der Waals surface area contributed by atoms with Crippen molar-refractivity contribution in [2.24, 2.45) is 0 Å². The summed E-state index contributed by atoms with van der Waals surface area (Å²) >= 11 is 3.40. The molecule has 0 amide bonds. The van der Waals surface area contributed by atoms with Gasteiger partial charge in [0.15, 0.2) is 0 Å². The molecule has 0 heterocycles. The lowest BCUT2D eigenvalue weighted by Gasteiger charge is -2.14. The van der Waals surface area contributed by atoms with E-state index in [4.69, 9.17) is 5.26 Å². The summed E-state index contributed by atoms with van der Waals surface area (Å²) in [6, 6.07) is 10.4. The molecule has 0 unspecified atom stereocenters. The minimum atomic E-state index is 0.590. The predicted molar refractivity (Wildman–Crippen MR) is 60.7 cm³/mol. The first-order valence-corrected chi connectivity index (χ1v) is 5.31. The molecule has 0 aliphatic carbocycles. The van der Waals surface area contributed by atoms with Crippen molar-refractivity contribution in [2.45, 2.75) is 13.0 Å². The number of hydrogen-bond donors (Lipinski definition) is 0. The summed E-state index contributed by atoms with van der Waals surface area (Å²) in [6.07, 6.45) is 0.590. The fraction of sp³-hybridized carbons (Fsp3) is 0.364. The Morgan fingerprint density at radius 1 is 1.36 bits per heavy atom. The topological polar surface area (TPSA) is 27.0 Å². The molecule has 0 saturated carbocycles. The Bertz CT molecular complexity index is 313. The van der Waals surface area contributed by atoms with Gasteiger partial charge in [0.05, 0.1) is 6.07 Å². The van der Waals surface area contributed by atoms with E-state index >= 15 is 0 Å². The molecule has 3 heteroatoms. The third kappa shape index (κ3) is 3.91. The molecule has 0 spiro atoms. The zero-order valence-electron chi connectivity index (χ0n) is 8.20. The lowest BCUT2D eigenvalue weighted by molar-refractivity contribution is 0.335. The van der Waals surface area contributed by atoms with Crippen LogP contribution in [0.3, 0.4) is 0 Å². The predicted octanol–water partition coefficient (Wildman–Crippen LogP) is 2.79. The van der Waals surface area contributed by atoms with Gasteiger partial charge in [0.2, 0.25) is 0 Å². The van der Waals surface area contributed by atoms with Crippen LogP contribution in [0.4, 0.5) is 0 Å². The highest BCUT2D eigenvalue weighted by molar-refractivity contribution is 9.10. The zero-order valence-corrected chi connectivity index (χ0v) is 9.79. The molecule has 1 aromatic rings. The summed E-state index contributed by atoms with van der Waals surface area (Å²) in [7, 11) is 2.03. The second-order valence-electron chi connectivity index (χ2n) is 3.27. The molecule has 0 radical (unpaired) electrons. The smallest absolute Gasteiger partial charge is 0.0635 e. The maximum absolute atomic E-state index is 8.43. The molecular formula is C11H13BrN2. The van der Waals surface area contributed by atoms with Gasteiger partial charge in [0, 0.05) is 24.0 Å². The number of benzene rings is 1. The van der Waals surface area contributed by atoms with Crippen molar-refractivity contribution in [3.8, 4) is 6.07 Å². The summed E-state index contributed by atoms with van der Waals surface area (Å²) in [5.74, 6) is 0. The lowest BCUT2D eigenvalue weighted by Crippen LogP contribution is -2.18. The number of nitrogens with zero attached hydrogens (tertiary/aromatic N) is 2. The molecule has 74 valence electrons. The first kappa shape index (κ1) is 11.2. The summed E-state index contributed by atoms with van der Waals surface area (Å²) in [4.78, 5) is 2.15. The maximum Gasteiger partial charge on any atom is 0.0635 e. The largest absolute Gasteiger partial charge is 0.301 e. The normalized spacial score (nSPS) is 10.1. The molecule has 0 saturated heterocycles. The minimum Gasteiger partial charge on any atom is -0.301 e. The van der Waals surface area contributed by atoms with Crippen molar-refractivity contribution in [2.75, 3.05) is 13.6 Å². The van der Waals surface area contributed by atoms with E-state index in [1.165, 1.54) is 5.56 Å². The standard InChI is InChI=1S/C11H13BrN2/c1-14(8-2-7-13)9-10-3-5-11(12)6-4-10/h3-6H,2,8-9H2,1H3. The van der Waals surface area contributed by atoms with E-state index in [9.17, 15) is 0 Å². The van der Waals surface area contributed by atoms with Gasteiger partial charge >= 0.3 is 0 Å². The van der Waals surface area contributed by atoms with E-state index < -0.39 is 0 Å². The van der Waals surface area contributed by atoms with E-state index in [0.29, 0.717) is 6.42 Å². The van der Waals surface area contributed by atoms with Crippen molar-refractivity contribution in [1.29, 1.82) is 5.26 Å². The van der Waals surface area contributed by atoms with Gasteiger partial charge < -0.3 is 4.90 Å². The van der Waals surface area contributed by atoms with Gasteiger partial charge in [-0.2, -0.15) is 5.26 Å². The number of nitriles is 1. The monoisotopic (exact) mass is 252 g/mol. The average molecular weight is 253 g/mol. The minimum absolute atomic E-state index is 0.590. The van der Waals surface area contributed by atoms with Gasteiger partial charge in [-0.25, -0.2) is 0 Å². The molecule has 0 N–H and O–H groups in total. The highest BCUT2D eigenvalue weighted by Gasteiger charge is 1.99. The third-order valence-corrected chi connectivity index (χ3v) is 2.50. The van der Waals surface area contributed by atoms with E-state index in [2.05, 4.69) is 39.0 Å².